The van der Waals surface area contributed by atoms with Crippen molar-refractivity contribution in [2.45, 2.75) is 68.7 Å². The molecule has 1 aliphatic carbocycles. The molecule has 1 aliphatic heterocycles. The van der Waals surface area contributed by atoms with Crippen LogP contribution >= 0.6 is 0 Å². The molecule has 1 heterocycles. The molecule has 57 heavy (non-hydrogen) atoms. The highest BCUT2D eigenvalue weighted by Gasteiger charge is 2.34. The van der Waals surface area contributed by atoms with Crippen LogP contribution in [0.15, 0.2) is 95.9 Å². The summed E-state index contributed by atoms with van der Waals surface area (Å²) in [6, 6.07) is 25.9. The first kappa shape index (κ1) is 41.1. The molecule has 4 aromatic carbocycles. The smallest absolute Gasteiger partial charge is 0.337 e. The summed E-state index contributed by atoms with van der Waals surface area (Å²) >= 11 is 0. The second-order valence-corrected chi connectivity index (χ2v) is 16.6. The molecule has 0 bridgehead atoms. The van der Waals surface area contributed by atoms with Gasteiger partial charge in [-0.05, 0) is 130 Å². The fourth-order valence-corrected chi connectivity index (χ4v) is 9.00. The molecule has 2 N–H and O–H groups in total. The Hall–Kier alpha value is -5.53. The van der Waals surface area contributed by atoms with E-state index in [4.69, 9.17) is 9.47 Å². The number of methoxy groups -OCH3 is 2. The largest absolute Gasteiger partial charge is 0.469 e. The maximum atomic E-state index is 13.9. The second kappa shape index (κ2) is 18.6. The molecular formula is C44H50N4O8S. The van der Waals surface area contributed by atoms with Gasteiger partial charge in [-0.25, -0.2) is 13.2 Å². The van der Waals surface area contributed by atoms with Gasteiger partial charge in [-0.15, -0.1) is 0 Å². The summed E-state index contributed by atoms with van der Waals surface area (Å²) in [4.78, 5) is 53.6. The van der Waals surface area contributed by atoms with Crippen molar-refractivity contribution in [2.24, 2.45) is 5.92 Å². The third-order valence-electron chi connectivity index (χ3n) is 11.0. The Labute approximate surface area is 334 Å². The molecule has 6 rings (SSSR count). The predicted octanol–water partition coefficient (Wildman–Crippen LogP) is 7.11. The van der Waals surface area contributed by atoms with E-state index in [1.54, 1.807) is 24.3 Å². The van der Waals surface area contributed by atoms with E-state index in [0.717, 1.165) is 62.0 Å². The van der Waals surface area contributed by atoms with Crippen LogP contribution in [0.25, 0.3) is 0 Å². The Morgan fingerprint density at radius 3 is 2.00 bits per heavy atom. The lowest BCUT2D eigenvalue weighted by molar-refractivity contribution is -0.146. The number of aryl methyl sites for hydroxylation is 2. The van der Waals surface area contributed by atoms with Crippen molar-refractivity contribution in [3.8, 4) is 0 Å². The summed E-state index contributed by atoms with van der Waals surface area (Å²) in [5.74, 6) is -1.84. The number of nitrogens with one attached hydrogen (secondary N) is 2. The van der Waals surface area contributed by atoms with Gasteiger partial charge in [0, 0.05) is 43.1 Å². The molecule has 0 spiro atoms. The molecule has 0 unspecified atom stereocenters. The highest BCUT2D eigenvalue weighted by Crippen LogP contribution is 2.32. The molecule has 0 atom stereocenters. The normalized spacial score (nSPS) is 17.1. The van der Waals surface area contributed by atoms with Gasteiger partial charge >= 0.3 is 11.9 Å². The first-order valence-electron chi connectivity index (χ1n) is 19.4. The van der Waals surface area contributed by atoms with Crippen LogP contribution < -0.4 is 15.5 Å². The number of carbonyl (C=O) groups excluding carboxylic acids is 4. The number of benzene rings is 4. The van der Waals surface area contributed by atoms with Gasteiger partial charge in [0.05, 0.1) is 41.8 Å². The number of esters is 2. The van der Waals surface area contributed by atoms with Crippen molar-refractivity contribution < 1.29 is 37.1 Å². The summed E-state index contributed by atoms with van der Waals surface area (Å²) in [5, 5.41) is 5.86. The van der Waals surface area contributed by atoms with E-state index in [9.17, 15) is 27.6 Å². The number of sulfonamides is 1. The molecule has 2 amide bonds. The van der Waals surface area contributed by atoms with Gasteiger partial charge in [-0.2, -0.15) is 4.31 Å². The van der Waals surface area contributed by atoms with Crippen LogP contribution in [0.4, 0.5) is 17.1 Å². The monoisotopic (exact) mass is 794 g/mol. The Morgan fingerprint density at radius 2 is 1.37 bits per heavy atom. The quantitative estimate of drug-likeness (QED) is 0.135. The van der Waals surface area contributed by atoms with Crippen LogP contribution in [-0.2, 0) is 37.1 Å². The van der Waals surface area contributed by atoms with Crippen molar-refractivity contribution in [2.75, 3.05) is 49.9 Å². The molecule has 12 nitrogen and oxygen atoms in total. The summed E-state index contributed by atoms with van der Waals surface area (Å²) in [5.41, 5.74) is 4.82. The molecule has 1 saturated carbocycles. The summed E-state index contributed by atoms with van der Waals surface area (Å²) in [6.07, 6.45) is 6.89. The summed E-state index contributed by atoms with van der Waals surface area (Å²) in [6.45, 7) is 1.73. The van der Waals surface area contributed by atoms with Gasteiger partial charge in [0.1, 0.15) is 0 Å². The van der Waals surface area contributed by atoms with E-state index in [2.05, 4.69) is 15.5 Å². The topological polar surface area (TPSA) is 151 Å². The van der Waals surface area contributed by atoms with E-state index in [1.165, 1.54) is 49.8 Å². The van der Waals surface area contributed by atoms with E-state index in [1.807, 2.05) is 42.5 Å². The van der Waals surface area contributed by atoms with Crippen LogP contribution in [0.2, 0.25) is 0 Å². The average molecular weight is 795 g/mol. The predicted molar refractivity (Wildman–Crippen MR) is 219 cm³/mol. The third kappa shape index (κ3) is 10.1. The minimum absolute atomic E-state index is 0.0222. The van der Waals surface area contributed by atoms with Crippen LogP contribution in [0.1, 0.15) is 87.1 Å². The molecule has 0 radical (unpaired) electrons. The summed E-state index contributed by atoms with van der Waals surface area (Å²) < 4.78 is 38.4. The number of ether oxygens (including phenoxy) is 2. The van der Waals surface area contributed by atoms with Crippen LogP contribution in [0.5, 0.6) is 0 Å². The second-order valence-electron chi connectivity index (χ2n) is 14.6. The molecule has 2 fully saturated rings. The molecule has 2 aliphatic rings. The number of anilines is 3. The van der Waals surface area contributed by atoms with Crippen LogP contribution in [0, 0.1) is 5.92 Å². The van der Waals surface area contributed by atoms with Crippen molar-refractivity contribution >= 4 is 50.8 Å². The Bertz CT molecular complexity index is 2180. The maximum Gasteiger partial charge on any atom is 0.337 e. The number of carbonyl (C=O) groups is 4. The van der Waals surface area contributed by atoms with Gasteiger partial charge < -0.3 is 25.0 Å². The number of hydrogen-bond acceptors (Lipinski definition) is 9. The van der Waals surface area contributed by atoms with E-state index >= 15 is 0 Å². The number of piperidine rings is 1. The Kier molecular flexibility index (Phi) is 13.4. The number of amides is 2. The SMILES string of the molecule is COC(=O)c1ccc(CCc2ccc(NC(=O)c3cc(N4CCCCC4)ccc3NC(=O)c3cccc(S(=O)(=O)N(C)[C@H]4CC[C@H](C(=O)OC)CC4)c3)cc2)cc1. The zero-order chi connectivity index (χ0) is 40.5. The highest BCUT2D eigenvalue weighted by atomic mass is 32.2. The van der Waals surface area contributed by atoms with Gasteiger partial charge in [-0.1, -0.05) is 30.3 Å². The lowest BCUT2D eigenvalue weighted by Gasteiger charge is -2.33. The van der Waals surface area contributed by atoms with Crippen molar-refractivity contribution in [1.82, 2.24) is 4.31 Å². The molecule has 4 aromatic rings. The minimum atomic E-state index is -3.96. The fourth-order valence-electron chi connectivity index (χ4n) is 7.54. The molecule has 300 valence electrons. The van der Waals surface area contributed by atoms with Gasteiger partial charge in [0.15, 0.2) is 0 Å². The van der Waals surface area contributed by atoms with E-state index in [-0.39, 0.29) is 39.9 Å². The third-order valence-corrected chi connectivity index (χ3v) is 12.9. The van der Waals surface area contributed by atoms with Gasteiger partial charge in [-0.3, -0.25) is 14.4 Å². The van der Waals surface area contributed by atoms with Crippen LogP contribution in [-0.4, -0.2) is 76.9 Å². The lowest BCUT2D eigenvalue weighted by atomic mass is 9.86. The first-order valence-corrected chi connectivity index (χ1v) is 20.8. The molecular weight excluding hydrogens is 745 g/mol. The molecule has 13 heteroatoms. The zero-order valence-corrected chi connectivity index (χ0v) is 33.5. The first-order chi connectivity index (χ1) is 27.5. The van der Waals surface area contributed by atoms with Crippen molar-refractivity contribution in [3.05, 3.63) is 119 Å². The Morgan fingerprint density at radius 1 is 0.719 bits per heavy atom. The molecule has 0 aromatic heterocycles. The lowest BCUT2D eigenvalue weighted by Crippen LogP contribution is -2.40. The van der Waals surface area contributed by atoms with Gasteiger partial charge in [0.25, 0.3) is 11.8 Å². The standard InChI is InChI=1S/C44H50N4O8S/c1-47(36-22-18-33(19-23-36)44(52)56-3)57(53,54)38-9-7-8-34(28-38)41(49)46-40-25-24-37(48-26-5-4-6-27-48)29-39(40)42(50)45-35-20-14-31(15-21-35)11-10-30-12-16-32(17-13-30)43(51)55-2/h7-9,12-17,20-21,24-25,28-29,33,36H,4-6,10-11,18-19,22-23,26-27H2,1-3H3,(H,45,50)(H,46,49)/t33-,36-. The van der Waals surface area contributed by atoms with Crippen molar-refractivity contribution in [1.29, 1.82) is 0 Å². The Balaban J connectivity index is 1.15. The highest BCUT2D eigenvalue weighted by molar-refractivity contribution is 7.89. The average Bonchev–Trinajstić information content (AvgIpc) is 3.26. The maximum absolute atomic E-state index is 13.9. The fraction of sp³-hybridized carbons (Fsp3) is 0.364. The number of rotatable bonds is 13. The minimum Gasteiger partial charge on any atom is -0.469 e. The number of hydrogen-bond donors (Lipinski definition) is 2. The van der Waals surface area contributed by atoms with E-state index in [0.29, 0.717) is 42.6 Å². The van der Waals surface area contributed by atoms with Crippen molar-refractivity contribution in [3.63, 3.8) is 0 Å². The van der Waals surface area contributed by atoms with Crippen LogP contribution in [0.3, 0.4) is 0 Å². The summed E-state index contributed by atoms with van der Waals surface area (Å²) in [7, 11) is 0.284. The van der Waals surface area contributed by atoms with Gasteiger partial charge in [0.2, 0.25) is 10.0 Å². The zero-order valence-electron chi connectivity index (χ0n) is 32.7. The number of nitrogens with zero attached hydrogens (tertiary/aromatic N) is 2. The van der Waals surface area contributed by atoms with E-state index < -0.39 is 21.8 Å². The molecule has 1 saturated heterocycles.